The first-order valence-electron chi connectivity index (χ1n) is 9.00. The molecular weight excluding hydrogens is 382 g/mol. The second kappa shape index (κ2) is 7.61. The summed E-state index contributed by atoms with van der Waals surface area (Å²) in [4.78, 5) is 14.4. The van der Waals surface area contributed by atoms with Gasteiger partial charge in [-0.1, -0.05) is 11.6 Å². The van der Waals surface area contributed by atoms with Crippen LogP contribution in [-0.4, -0.2) is 51.9 Å². The molecule has 29 heavy (non-hydrogen) atoms. The highest BCUT2D eigenvalue weighted by molar-refractivity contribution is 5.61. The first-order valence-corrected chi connectivity index (χ1v) is 9.00. The minimum absolute atomic E-state index is 0.153. The number of rotatable bonds is 5. The summed E-state index contributed by atoms with van der Waals surface area (Å²) < 4.78 is 39.2. The molecule has 152 valence electrons. The minimum atomic E-state index is -2.69. The van der Waals surface area contributed by atoms with Crippen LogP contribution < -0.4 is 14.4 Å². The molecule has 3 aromatic rings. The lowest BCUT2D eigenvalue weighted by atomic mass is 9.92. The van der Waals surface area contributed by atoms with Crippen LogP contribution in [-0.2, 0) is 0 Å². The van der Waals surface area contributed by atoms with E-state index in [2.05, 4.69) is 20.1 Å². The Bertz CT molecular complexity index is 1070. The molecule has 0 saturated carbocycles. The molecule has 3 aromatic heterocycles. The van der Waals surface area contributed by atoms with Gasteiger partial charge in [0, 0.05) is 31.3 Å². The topological polar surface area (TPSA) is 77.7 Å². The van der Waals surface area contributed by atoms with Gasteiger partial charge in [-0.15, -0.1) is 0 Å². The highest BCUT2D eigenvalue weighted by Gasteiger charge is 2.29. The van der Waals surface area contributed by atoms with Crippen molar-refractivity contribution in [3.05, 3.63) is 47.7 Å². The Morgan fingerprint density at radius 1 is 1.21 bits per heavy atom. The largest absolute Gasteiger partial charge is 0.493 e. The number of anilines is 1. The van der Waals surface area contributed by atoms with E-state index in [1.165, 1.54) is 16.9 Å². The zero-order valence-corrected chi connectivity index (χ0v) is 16.2. The highest BCUT2D eigenvalue weighted by Crippen LogP contribution is 2.39. The Labute approximate surface area is 165 Å². The molecule has 4 heterocycles. The minimum Gasteiger partial charge on any atom is -0.493 e. The number of nitrogens with zero attached hydrogens (tertiary/aromatic N) is 6. The zero-order chi connectivity index (χ0) is 20.5. The van der Waals surface area contributed by atoms with Crippen LogP contribution in [0.2, 0.25) is 0 Å². The number of aromatic nitrogens is 5. The Kier molecular flexibility index (Phi) is 4.99. The summed E-state index contributed by atoms with van der Waals surface area (Å²) in [5.74, 6) is 1.67. The number of fused-ring (bicyclic) bond motifs is 1. The highest BCUT2D eigenvalue weighted by atomic mass is 19.3. The van der Waals surface area contributed by atoms with E-state index in [9.17, 15) is 8.78 Å². The monoisotopic (exact) mass is 402 g/mol. The molecule has 0 saturated heterocycles. The van der Waals surface area contributed by atoms with Crippen molar-refractivity contribution in [1.29, 1.82) is 0 Å². The molecule has 0 amide bonds. The Morgan fingerprint density at radius 2 is 2.03 bits per heavy atom. The van der Waals surface area contributed by atoms with Crippen molar-refractivity contribution in [2.75, 3.05) is 32.2 Å². The third kappa shape index (κ3) is 3.34. The molecular formula is C19H20F2N6O2. The van der Waals surface area contributed by atoms with Crippen LogP contribution in [0.15, 0.2) is 36.3 Å². The lowest BCUT2D eigenvalue weighted by Gasteiger charge is -2.33. The second-order valence-corrected chi connectivity index (χ2v) is 6.65. The van der Waals surface area contributed by atoms with Gasteiger partial charge in [0.05, 0.1) is 19.9 Å². The summed E-state index contributed by atoms with van der Waals surface area (Å²) >= 11 is 0. The molecule has 0 radical (unpaired) electrons. The van der Waals surface area contributed by atoms with E-state index in [1.807, 2.05) is 17.9 Å². The molecule has 0 bridgehead atoms. The van der Waals surface area contributed by atoms with Gasteiger partial charge in [0.1, 0.15) is 12.0 Å². The van der Waals surface area contributed by atoms with E-state index < -0.39 is 6.43 Å². The Morgan fingerprint density at radius 3 is 2.76 bits per heavy atom. The lowest BCUT2D eigenvalue weighted by molar-refractivity contribution is 0.146. The number of pyridine rings is 1. The average Bonchev–Trinajstić information content (AvgIpc) is 3.21. The molecule has 0 fully saturated rings. The van der Waals surface area contributed by atoms with Crippen molar-refractivity contribution in [2.45, 2.75) is 19.3 Å². The van der Waals surface area contributed by atoms with Crippen LogP contribution in [0.25, 0.3) is 5.78 Å². The molecule has 10 heteroatoms. The van der Waals surface area contributed by atoms with E-state index in [1.54, 1.807) is 26.5 Å². The summed E-state index contributed by atoms with van der Waals surface area (Å²) in [7, 11) is 3.12. The van der Waals surface area contributed by atoms with Crippen molar-refractivity contribution in [1.82, 2.24) is 24.6 Å². The number of hydrogen-bond donors (Lipinski definition) is 0. The average molecular weight is 402 g/mol. The molecule has 8 nitrogen and oxygen atoms in total. The van der Waals surface area contributed by atoms with Gasteiger partial charge in [0.2, 0.25) is 5.75 Å². The molecule has 0 aliphatic carbocycles. The van der Waals surface area contributed by atoms with Gasteiger partial charge in [-0.2, -0.15) is 10.1 Å². The van der Waals surface area contributed by atoms with E-state index >= 15 is 0 Å². The van der Waals surface area contributed by atoms with Crippen LogP contribution in [0.5, 0.6) is 11.5 Å². The maximum Gasteiger partial charge on any atom is 0.280 e. The molecule has 1 aliphatic rings. The van der Waals surface area contributed by atoms with Gasteiger partial charge in [0.15, 0.2) is 11.6 Å². The molecule has 1 atom stereocenters. The van der Waals surface area contributed by atoms with Crippen molar-refractivity contribution >= 4 is 11.6 Å². The lowest BCUT2D eigenvalue weighted by Crippen LogP contribution is -2.35. The summed E-state index contributed by atoms with van der Waals surface area (Å²) in [5, 5.41) is 4.18. The van der Waals surface area contributed by atoms with Crippen molar-refractivity contribution in [3.8, 4) is 11.5 Å². The maximum absolute atomic E-state index is 13.4. The van der Waals surface area contributed by atoms with E-state index in [4.69, 9.17) is 9.47 Å². The third-order valence-electron chi connectivity index (χ3n) is 5.04. The molecule has 0 aromatic carbocycles. The Balaban J connectivity index is 1.78. The molecule has 0 N–H and O–H groups in total. The Hall–Kier alpha value is -3.30. The predicted octanol–water partition coefficient (Wildman–Crippen LogP) is 3.02. The summed E-state index contributed by atoms with van der Waals surface area (Å²) in [6, 6.07) is 3.12. The molecule has 0 spiro atoms. The number of halogens is 2. The summed E-state index contributed by atoms with van der Waals surface area (Å²) in [6.07, 6.45) is 2.31. The van der Waals surface area contributed by atoms with Crippen molar-refractivity contribution in [3.63, 3.8) is 0 Å². The fourth-order valence-electron chi connectivity index (χ4n) is 3.55. The zero-order valence-electron chi connectivity index (χ0n) is 16.2. The van der Waals surface area contributed by atoms with Gasteiger partial charge >= 0.3 is 0 Å². The predicted molar refractivity (Wildman–Crippen MR) is 102 cm³/mol. The number of ether oxygens (including phenoxy) is 2. The quantitative estimate of drug-likeness (QED) is 0.607. The summed E-state index contributed by atoms with van der Waals surface area (Å²) in [6.45, 7) is 3.08. The van der Waals surface area contributed by atoms with Crippen LogP contribution in [0.3, 0.4) is 0 Å². The van der Waals surface area contributed by atoms with Gasteiger partial charge in [0.25, 0.3) is 12.2 Å². The van der Waals surface area contributed by atoms with Gasteiger partial charge in [-0.3, -0.25) is 0 Å². The van der Waals surface area contributed by atoms with Gasteiger partial charge in [-0.05, 0) is 13.0 Å². The van der Waals surface area contributed by atoms with E-state index in [0.29, 0.717) is 36.1 Å². The number of methoxy groups -OCH3 is 2. The van der Waals surface area contributed by atoms with Gasteiger partial charge in [-0.25, -0.2) is 23.3 Å². The smallest absolute Gasteiger partial charge is 0.280 e. The van der Waals surface area contributed by atoms with Crippen LogP contribution in [0.4, 0.5) is 14.6 Å². The third-order valence-corrected chi connectivity index (χ3v) is 5.04. The van der Waals surface area contributed by atoms with Crippen LogP contribution in [0, 0.1) is 0 Å². The van der Waals surface area contributed by atoms with E-state index in [0.717, 1.165) is 5.57 Å². The van der Waals surface area contributed by atoms with Crippen molar-refractivity contribution in [2.24, 2.45) is 0 Å². The number of alkyl halides is 2. The summed E-state index contributed by atoms with van der Waals surface area (Å²) in [5.41, 5.74) is 1.33. The normalized spacial score (nSPS) is 17.0. The SMILES string of the molecule is COc1ccnc(N2CC=C(C)[C@H](c3cc(C(F)F)nc4ncnn34)C2)c1OC. The van der Waals surface area contributed by atoms with Gasteiger partial charge < -0.3 is 14.4 Å². The second-order valence-electron chi connectivity index (χ2n) is 6.65. The van der Waals surface area contributed by atoms with Crippen LogP contribution in [0.1, 0.15) is 30.7 Å². The number of hydrogen-bond acceptors (Lipinski definition) is 7. The fraction of sp³-hybridized carbons (Fsp3) is 0.368. The maximum atomic E-state index is 13.4. The standard InChI is InChI=1S/C19H20F2N6O2/c1-11-5-7-26(18-16(29-3)15(28-2)4-6-22-18)9-12(11)14-8-13(17(20)21)25-19-23-10-24-27(14)19/h4-6,8,10,12,17H,7,9H2,1-3H3/t12-/m1/s1. The molecule has 4 rings (SSSR count). The van der Waals surface area contributed by atoms with Crippen molar-refractivity contribution < 1.29 is 18.3 Å². The molecule has 0 unspecified atom stereocenters. The van der Waals surface area contributed by atoms with E-state index in [-0.39, 0.29) is 17.4 Å². The fourth-order valence-corrected chi connectivity index (χ4v) is 3.55. The van der Waals surface area contributed by atoms with Crippen LogP contribution >= 0.6 is 0 Å². The first-order chi connectivity index (χ1) is 14.0. The molecule has 1 aliphatic heterocycles. The first kappa shape index (κ1) is 19.0.